The standard InChI is InChI=1S/C13H18F4N2/c1-2-9(5-6-18)8-19-12-4-3-10(7-11(12)14)13(15,16)17/h3-4,7,9,19H,2,5-6,8,18H2,1H3. The molecule has 0 amide bonds. The van der Waals surface area contributed by atoms with Gasteiger partial charge in [0.15, 0.2) is 0 Å². The molecule has 0 spiro atoms. The number of nitrogens with one attached hydrogen (secondary N) is 1. The van der Waals surface area contributed by atoms with E-state index >= 15 is 0 Å². The van der Waals surface area contributed by atoms with Crippen molar-refractivity contribution in [3.8, 4) is 0 Å². The van der Waals surface area contributed by atoms with Gasteiger partial charge in [0.1, 0.15) is 5.82 Å². The van der Waals surface area contributed by atoms with Gasteiger partial charge in [-0.05, 0) is 37.1 Å². The molecule has 0 aliphatic heterocycles. The lowest BCUT2D eigenvalue weighted by molar-refractivity contribution is -0.137. The van der Waals surface area contributed by atoms with E-state index in [0.29, 0.717) is 19.2 Å². The lowest BCUT2D eigenvalue weighted by Gasteiger charge is -2.16. The Bertz CT molecular complexity index is 404. The second-order valence-electron chi connectivity index (χ2n) is 4.42. The van der Waals surface area contributed by atoms with Crippen LogP contribution in [0.5, 0.6) is 0 Å². The van der Waals surface area contributed by atoms with Crippen LogP contribution in [-0.2, 0) is 6.18 Å². The van der Waals surface area contributed by atoms with Crippen LogP contribution in [0.4, 0.5) is 23.2 Å². The van der Waals surface area contributed by atoms with E-state index in [1.807, 2.05) is 6.92 Å². The van der Waals surface area contributed by atoms with Gasteiger partial charge in [0.05, 0.1) is 11.3 Å². The monoisotopic (exact) mass is 278 g/mol. The largest absolute Gasteiger partial charge is 0.416 e. The quantitative estimate of drug-likeness (QED) is 0.780. The van der Waals surface area contributed by atoms with Crippen molar-refractivity contribution in [2.45, 2.75) is 25.9 Å². The minimum atomic E-state index is -4.52. The Hall–Kier alpha value is -1.30. The van der Waals surface area contributed by atoms with Crippen LogP contribution in [0.2, 0.25) is 0 Å². The predicted octanol–water partition coefficient (Wildman–Crippen LogP) is 3.63. The first kappa shape index (κ1) is 15.8. The minimum absolute atomic E-state index is 0.0865. The van der Waals surface area contributed by atoms with Crippen molar-refractivity contribution in [3.05, 3.63) is 29.6 Å². The molecule has 1 unspecified atom stereocenters. The number of benzene rings is 1. The molecule has 1 aromatic rings. The second-order valence-corrected chi connectivity index (χ2v) is 4.42. The van der Waals surface area contributed by atoms with Crippen LogP contribution in [0.25, 0.3) is 0 Å². The van der Waals surface area contributed by atoms with Crippen LogP contribution in [0.15, 0.2) is 18.2 Å². The van der Waals surface area contributed by atoms with Crippen LogP contribution in [0, 0.1) is 11.7 Å². The van der Waals surface area contributed by atoms with Gasteiger partial charge in [-0.1, -0.05) is 13.3 Å². The highest BCUT2D eigenvalue weighted by Gasteiger charge is 2.31. The maximum Gasteiger partial charge on any atom is 0.416 e. The zero-order valence-electron chi connectivity index (χ0n) is 10.7. The molecule has 0 fully saturated rings. The summed E-state index contributed by atoms with van der Waals surface area (Å²) in [5.41, 5.74) is 4.55. The third-order valence-electron chi connectivity index (χ3n) is 3.03. The lowest BCUT2D eigenvalue weighted by Crippen LogP contribution is -2.18. The highest BCUT2D eigenvalue weighted by Crippen LogP contribution is 2.31. The molecule has 0 saturated heterocycles. The molecule has 0 radical (unpaired) electrons. The van der Waals surface area contributed by atoms with Crippen LogP contribution in [-0.4, -0.2) is 13.1 Å². The lowest BCUT2D eigenvalue weighted by atomic mass is 10.0. The van der Waals surface area contributed by atoms with Gasteiger partial charge >= 0.3 is 6.18 Å². The fourth-order valence-corrected chi connectivity index (χ4v) is 1.78. The van der Waals surface area contributed by atoms with E-state index in [1.165, 1.54) is 0 Å². The molecule has 1 atom stereocenters. The summed E-state index contributed by atoms with van der Waals surface area (Å²) >= 11 is 0. The highest BCUT2D eigenvalue weighted by atomic mass is 19.4. The summed E-state index contributed by atoms with van der Waals surface area (Å²) in [5.74, 6) is -0.607. The molecular weight excluding hydrogens is 260 g/mol. The van der Waals surface area contributed by atoms with E-state index < -0.39 is 17.6 Å². The van der Waals surface area contributed by atoms with E-state index in [9.17, 15) is 17.6 Å². The van der Waals surface area contributed by atoms with Crippen molar-refractivity contribution in [1.82, 2.24) is 0 Å². The normalized spacial score (nSPS) is 13.4. The molecule has 0 bridgehead atoms. The Labute approximate surface area is 110 Å². The average molecular weight is 278 g/mol. The molecule has 0 aromatic heterocycles. The summed E-state index contributed by atoms with van der Waals surface area (Å²) in [6, 6.07) is 2.49. The number of halogens is 4. The van der Waals surface area contributed by atoms with Gasteiger partial charge in [-0.15, -0.1) is 0 Å². The summed E-state index contributed by atoms with van der Waals surface area (Å²) in [6.07, 6.45) is -2.84. The number of hydrogen-bond acceptors (Lipinski definition) is 2. The highest BCUT2D eigenvalue weighted by molar-refractivity contribution is 5.46. The van der Waals surface area contributed by atoms with Gasteiger partial charge in [0, 0.05) is 6.54 Å². The van der Waals surface area contributed by atoms with Gasteiger partial charge in [-0.3, -0.25) is 0 Å². The first-order valence-electron chi connectivity index (χ1n) is 6.19. The molecular formula is C13H18F4N2. The number of alkyl halides is 3. The van der Waals surface area contributed by atoms with Crippen molar-refractivity contribution in [3.63, 3.8) is 0 Å². The average Bonchev–Trinajstić information content (AvgIpc) is 2.34. The van der Waals surface area contributed by atoms with Crippen molar-refractivity contribution >= 4 is 5.69 Å². The van der Waals surface area contributed by atoms with Crippen molar-refractivity contribution < 1.29 is 17.6 Å². The smallest absolute Gasteiger partial charge is 0.382 e. The summed E-state index contributed by atoms with van der Waals surface area (Å²) in [6.45, 7) is 3.02. The molecule has 6 heteroatoms. The first-order chi connectivity index (χ1) is 8.88. The Morgan fingerprint density at radius 2 is 2.00 bits per heavy atom. The molecule has 1 rings (SSSR count). The molecule has 108 valence electrons. The zero-order chi connectivity index (χ0) is 14.5. The maximum absolute atomic E-state index is 13.5. The van der Waals surface area contributed by atoms with Gasteiger partial charge in [-0.25, -0.2) is 4.39 Å². The van der Waals surface area contributed by atoms with E-state index in [1.54, 1.807) is 0 Å². The van der Waals surface area contributed by atoms with Gasteiger partial charge in [0.2, 0.25) is 0 Å². The summed E-state index contributed by atoms with van der Waals surface area (Å²) in [4.78, 5) is 0. The van der Waals surface area contributed by atoms with Crippen LogP contribution < -0.4 is 11.1 Å². The number of hydrogen-bond donors (Lipinski definition) is 2. The van der Waals surface area contributed by atoms with Crippen molar-refractivity contribution in [2.24, 2.45) is 11.7 Å². The maximum atomic E-state index is 13.5. The van der Waals surface area contributed by atoms with Crippen LogP contribution in [0.1, 0.15) is 25.3 Å². The SMILES string of the molecule is CCC(CCN)CNc1ccc(C(F)(F)F)cc1F. The van der Waals surface area contributed by atoms with E-state index in [4.69, 9.17) is 5.73 Å². The Morgan fingerprint density at radius 3 is 2.47 bits per heavy atom. The molecule has 19 heavy (non-hydrogen) atoms. The number of rotatable bonds is 6. The van der Waals surface area contributed by atoms with E-state index in [-0.39, 0.29) is 11.6 Å². The fourth-order valence-electron chi connectivity index (χ4n) is 1.78. The number of nitrogens with two attached hydrogens (primary N) is 1. The second kappa shape index (κ2) is 6.75. The molecule has 1 aromatic carbocycles. The fraction of sp³-hybridized carbons (Fsp3) is 0.538. The molecule has 0 aliphatic carbocycles. The predicted molar refractivity (Wildman–Crippen MR) is 67.3 cm³/mol. The zero-order valence-corrected chi connectivity index (χ0v) is 10.7. The number of anilines is 1. The van der Waals surface area contributed by atoms with E-state index in [2.05, 4.69) is 5.32 Å². The van der Waals surface area contributed by atoms with Gasteiger partial charge in [0.25, 0.3) is 0 Å². The molecule has 0 aliphatic rings. The van der Waals surface area contributed by atoms with E-state index in [0.717, 1.165) is 25.0 Å². The third kappa shape index (κ3) is 4.70. The topological polar surface area (TPSA) is 38.0 Å². The minimum Gasteiger partial charge on any atom is -0.382 e. The summed E-state index contributed by atoms with van der Waals surface area (Å²) in [5, 5.41) is 2.83. The Morgan fingerprint density at radius 1 is 1.32 bits per heavy atom. The van der Waals surface area contributed by atoms with Crippen molar-refractivity contribution in [1.29, 1.82) is 0 Å². The first-order valence-corrected chi connectivity index (χ1v) is 6.19. The van der Waals surface area contributed by atoms with Crippen LogP contribution in [0.3, 0.4) is 0 Å². The summed E-state index contributed by atoms with van der Waals surface area (Å²) < 4.78 is 50.6. The molecule has 3 N–H and O–H groups in total. The Balaban J connectivity index is 2.70. The van der Waals surface area contributed by atoms with Gasteiger partial charge < -0.3 is 11.1 Å². The molecule has 0 saturated carbocycles. The third-order valence-corrected chi connectivity index (χ3v) is 3.03. The molecule has 0 heterocycles. The molecule has 2 nitrogen and oxygen atoms in total. The van der Waals surface area contributed by atoms with Crippen molar-refractivity contribution in [2.75, 3.05) is 18.4 Å². The Kier molecular flexibility index (Phi) is 5.60. The summed E-state index contributed by atoms with van der Waals surface area (Å²) in [7, 11) is 0. The van der Waals surface area contributed by atoms with Gasteiger partial charge in [-0.2, -0.15) is 13.2 Å². The van der Waals surface area contributed by atoms with Crippen LogP contribution >= 0.6 is 0 Å².